The van der Waals surface area contributed by atoms with Crippen molar-refractivity contribution in [2.45, 2.75) is 12.8 Å². The van der Waals surface area contributed by atoms with Crippen LogP contribution in [-0.2, 0) is 6.42 Å². The van der Waals surface area contributed by atoms with Gasteiger partial charge in [-0.25, -0.2) is 9.49 Å². The first kappa shape index (κ1) is 21.7. The van der Waals surface area contributed by atoms with Crippen LogP contribution >= 0.6 is 0 Å². The Bertz CT molecular complexity index is 1240. The number of H-pyrrole nitrogens is 1. The van der Waals surface area contributed by atoms with Crippen LogP contribution < -0.4 is 5.56 Å². The van der Waals surface area contributed by atoms with Crippen molar-refractivity contribution in [1.82, 2.24) is 20.0 Å². The number of β-amino-alcohol motifs (C(OH)–C–C–N with tert-alkyl or cyclic N) is 1. The van der Waals surface area contributed by atoms with Gasteiger partial charge in [-0.3, -0.25) is 9.59 Å². The fourth-order valence-electron chi connectivity index (χ4n) is 5.29. The molecular formula is C25H27FN4O3. The van der Waals surface area contributed by atoms with Gasteiger partial charge in [0.15, 0.2) is 0 Å². The van der Waals surface area contributed by atoms with Gasteiger partial charge in [0.2, 0.25) is 0 Å². The molecule has 0 radical (unpaired) electrons. The standard InChI is InChI=1S/C25H27FN4O3/c26-22-6-5-16(12-23-19-3-1-2-4-20(19)24(32)28-27-23)11-21(22)25(33)30-8-7-17-13-29(9-10-31)14-18(17)15-30/h1-6,11,17-18,31H,7-10,12-15H2,(H,28,32). The van der Waals surface area contributed by atoms with Gasteiger partial charge in [-0.2, -0.15) is 5.10 Å². The van der Waals surface area contributed by atoms with Crippen molar-refractivity contribution in [3.8, 4) is 0 Å². The number of aromatic amines is 1. The predicted molar refractivity (Wildman–Crippen MR) is 123 cm³/mol. The van der Waals surface area contributed by atoms with E-state index in [-0.39, 0.29) is 23.6 Å². The Morgan fingerprint density at radius 3 is 2.73 bits per heavy atom. The Labute approximate surface area is 190 Å². The van der Waals surface area contributed by atoms with Crippen molar-refractivity contribution in [3.05, 3.63) is 75.5 Å². The molecule has 2 aliphatic heterocycles. The van der Waals surface area contributed by atoms with E-state index < -0.39 is 5.82 Å². The molecule has 2 unspecified atom stereocenters. The van der Waals surface area contributed by atoms with Crippen LogP contribution in [0, 0.1) is 17.7 Å². The molecule has 0 aliphatic carbocycles. The number of carbonyl (C=O) groups excluding carboxylic acids is 1. The van der Waals surface area contributed by atoms with Gasteiger partial charge in [0.1, 0.15) is 5.82 Å². The van der Waals surface area contributed by atoms with Gasteiger partial charge in [0.05, 0.1) is 23.3 Å². The molecule has 7 nitrogen and oxygen atoms in total. The number of aliphatic hydroxyl groups excluding tert-OH is 1. The zero-order chi connectivity index (χ0) is 22.9. The van der Waals surface area contributed by atoms with Gasteiger partial charge in [-0.15, -0.1) is 0 Å². The number of likely N-dealkylation sites (tertiary alicyclic amines) is 2. The normalized spacial score (nSPS) is 20.8. The minimum atomic E-state index is -0.529. The fraction of sp³-hybridized carbons (Fsp3) is 0.400. The number of hydrogen-bond donors (Lipinski definition) is 2. The van der Waals surface area contributed by atoms with Crippen LogP contribution in [0.3, 0.4) is 0 Å². The Kier molecular flexibility index (Phi) is 5.95. The topological polar surface area (TPSA) is 89.5 Å². The number of hydrogen-bond acceptors (Lipinski definition) is 5. The van der Waals surface area contributed by atoms with Crippen LogP contribution in [0.1, 0.15) is 28.0 Å². The number of piperidine rings is 1. The van der Waals surface area contributed by atoms with Crippen molar-refractivity contribution in [3.63, 3.8) is 0 Å². The van der Waals surface area contributed by atoms with Gasteiger partial charge in [0.25, 0.3) is 11.5 Å². The number of benzene rings is 2. The first-order valence-corrected chi connectivity index (χ1v) is 11.4. The summed E-state index contributed by atoms with van der Waals surface area (Å²) in [6.45, 7) is 3.84. The molecule has 2 aromatic carbocycles. The van der Waals surface area contributed by atoms with Crippen molar-refractivity contribution >= 4 is 16.7 Å². The van der Waals surface area contributed by atoms with E-state index in [0.29, 0.717) is 49.0 Å². The van der Waals surface area contributed by atoms with Crippen LogP contribution in [0.4, 0.5) is 4.39 Å². The lowest BCUT2D eigenvalue weighted by Gasteiger charge is -2.34. The number of amides is 1. The summed E-state index contributed by atoms with van der Waals surface area (Å²) >= 11 is 0. The van der Waals surface area contributed by atoms with E-state index in [9.17, 15) is 19.1 Å². The summed E-state index contributed by atoms with van der Waals surface area (Å²) in [6.07, 6.45) is 1.27. The SMILES string of the molecule is O=C(c1cc(Cc2n[nH]c(=O)c3ccccc23)ccc1F)N1CCC2CN(CCO)CC2C1. The van der Waals surface area contributed by atoms with Crippen molar-refractivity contribution in [1.29, 1.82) is 0 Å². The quantitative estimate of drug-likeness (QED) is 0.621. The highest BCUT2D eigenvalue weighted by Gasteiger charge is 2.38. The second-order valence-electron chi connectivity index (χ2n) is 9.08. The van der Waals surface area contributed by atoms with E-state index in [4.69, 9.17) is 0 Å². The summed E-state index contributed by atoms with van der Waals surface area (Å²) in [5, 5.41) is 17.2. The van der Waals surface area contributed by atoms with Crippen LogP contribution in [-0.4, -0.2) is 70.3 Å². The summed E-state index contributed by atoms with van der Waals surface area (Å²) < 4.78 is 14.7. The highest BCUT2D eigenvalue weighted by atomic mass is 19.1. The second-order valence-corrected chi connectivity index (χ2v) is 9.08. The molecule has 33 heavy (non-hydrogen) atoms. The molecule has 2 saturated heterocycles. The average Bonchev–Trinajstić information content (AvgIpc) is 3.23. The zero-order valence-corrected chi connectivity index (χ0v) is 18.3. The Morgan fingerprint density at radius 2 is 1.91 bits per heavy atom. The van der Waals surface area contributed by atoms with Crippen molar-refractivity contribution in [2.75, 3.05) is 39.3 Å². The molecule has 0 bridgehead atoms. The molecule has 1 aromatic heterocycles. The van der Waals surface area contributed by atoms with Crippen molar-refractivity contribution < 1.29 is 14.3 Å². The molecule has 5 rings (SSSR count). The molecule has 8 heteroatoms. The third-order valence-corrected chi connectivity index (χ3v) is 6.99. The van der Waals surface area contributed by atoms with Gasteiger partial charge < -0.3 is 14.9 Å². The van der Waals surface area contributed by atoms with E-state index >= 15 is 0 Å². The van der Waals surface area contributed by atoms with Crippen LogP contribution in [0.2, 0.25) is 0 Å². The lowest BCUT2D eigenvalue weighted by Crippen LogP contribution is -2.43. The lowest BCUT2D eigenvalue weighted by atomic mass is 9.88. The number of halogens is 1. The molecule has 0 saturated carbocycles. The predicted octanol–water partition coefficient (Wildman–Crippen LogP) is 2.04. The first-order chi connectivity index (χ1) is 16.0. The van der Waals surface area contributed by atoms with E-state index in [1.807, 2.05) is 12.1 Å². The number of fused-ring (bicyclic) bond motifs is 2. The molecular weight excluding hydrogens is 423 g/mol. The summed E-state index contributed by atoms with van der Waals surface area (Å²) in [4.78, 5) is 29.3. The fourth-order valence-corrected chi connectivity index (χ4v) is 5.29. The van der Waals surface area contributed by atoms with Gasteiger partial charge >= 0.3 is 0 Å². The monoisotopic (exact) mass is 450 g/mol. The molecule has 172 valence electrons. The number of aliphatic hydroxyl groups is 1. The number of aromatic nitrogens is 2. The highest BCUT2D eigenvalue weighted by molar-refractivity contribution is 5.95. The summed E-state index contributed by atoms with van der Waals surface area (Å²) in [6, 6.07) is 11.8. The third kappa shape index (κ3) is 4.28. The Morgan fingerprint density at radius 1 is 1.12 bits per heavy atom. The maximum absolute atomic E-state index is 14.7. The molecule has 2 atom stereocenters. The Hall–Kier alpha value is -3.10. The van der Waals surface area contributed by atoms with E-state index in [1.165, 1.54) is 6.07 Å². The average molecular weight is 451 g/mol. The third-order valence-electron chi connectivity index (χ3n) is 6.99. The van der Waals surface area contributed by atoms with Crippen LogP contribution in [0.15, 0.2) is 47.3 Å². The number of carbonyl (C=O) groups is 1. The minimum Gasteiger partial charge on any atom is -0.395 e. The maximum atomic E-state index is 14.7. The Balaban J connectivity index is 1.36. The van der Waals surface area contributed by atoms with E-state index in [2.05, 4.69) is 15.1 Å². The molecule has 1 amide bonds. The minimum absolute atomic E-state index is 0.0740. The molecule has 2 N–H and O–H groups in total. The summed E-state index contributed by atoms with van der Waals surface area (Å²) in [5.41, 5.74) is 1.25. The van der Waals surface area contributed by atoms with Gasteiger partial charge in [0, 0.05) is 44.5 Å². The largest absolute Gasteiger partial charge is 0.395 e. The van der Waals surface area contributed by atoms with Crippen molar-refractivity contribution in [2.24, 2.45) is 11.8 Å². The number of rotatable bonds is 5. The molecule has 3 heterocycles. The molecule has 2 aliphatic rings. The van der Waals surface area contributed by atoms with E-state index in [0.717, 1.165) is 30.5 Å². The van der Waals surface area contributed by atoms with Gasteiger partial charge in [-0.05, 0) is 42.0 Å². The summed E-state index contributed by atoms with van der Waals surface area (Å²) in [7, 11) is 0. The van der Waals surface area contributed by atoms with E-state index in [1.54, 1.807) is 29.2 Å². The number of nitrogens with one attached hydrogen (secondary N) is 1. The highest BCUT2D eigenvalue weighted by Crippen LogP contribution is 2.32. The lowest BCUT2D eigenvalue weighted by molar-refractivity contribution is 0.0637. The molecule has 3 aromatic rings. The number of nitrogens with zero attached hydrogens (tertiary/aromatic N) is 3. The smallest absolute Gasteiger partial charge is 0.272 e. The zero-order valence-electron chi connectivity index (χ0n) is 18.3. The van der Waals surface area contributed by atoms with Crippen LogP contribution in [0.5, 0.6) is 0 Å². The van der Waals surface area contributed by atoms with Gasteiger partial charge in [-0.1, -0.05) is 24.3 Å². The van der Waals surface area contributed by atoms with Crippen LogP contribution in [0.25, 0.3) is 10.8 Å². The summed E-state index contributed by atoms with van der Waals surface area (Å²) in [5.74, 6) is 0.0692. The molecule has 2 fully saturated rings. The molecule has 0 spiro atoms. The maximum Gasteiger partial charge on any atom is 0.272 e. The second kappa shape index (κ2) is 9.03. The first-order valence-electron chi connectivity index (χ1n) is 11.4.